The summed E-state index contributed by atoms with van der Waals surface area (Å²) in [5.74, 6) is -0.155. The van der Waals surface area contributed by atoms with Gasteiger partial charge in [-0.05, 0) is 91.0 Å². The maximum atomic E-state index is 11.7. The highest BCUT2D eigenvalue weighted by molar-refractivity contribution is 7.79. The minimum absolute atomic E-state index is 0. The van der Waals surface area contributed by atoms with E-state index in [1.54, 1.807) is 12.1 Å². The van der Waals surface area contributed by atoms with Crippen LogP contribution in [0, 0.1) is 30.3 Å². The fraction of sp³-hybridized carbons (Fsp3) is 0.321. The molecule has 8 N–H and O–H groups in total. The monoisotopic (exact) mass is 1090 g/mol. The van der Waals surface area contributed by atoms with Gasteiger partial charge in [-0.3, -0.25) is 39.4 Å². The molecular weight excluding hydrogens is 1020 g/mol. The molecule has 0 spiro atoms. The van der Waals surface area contributed by atoms with E-state index in [0.29, 0.717) is 80.2 Å². The summed E-state index contributed by atoms with van der Waals surface area (Å²) in [6.45, 7) is 3.47. The van der Waals surface area contributed by atoms with Gasteiger partial charge in [0, 0.05) is 48.2 Å². The zero-order chi connectivity index (χ0) is 55.5. The van der Waals surface area contributed by atoms with Crippen LogP contribution < -0.4 is 34.9 Å². The second-order valence-electron chi connectivity index (χ2n) is 16.9. The predicted molar refractivity (Wildman–Crippen MR) is 287 cm³/mol. The Balaban J connectivity index is 0.000000237. The molecule has 0 unspecified atom stereocenters. The lowest BCUT2D eigenvalue weighted by atomic mass is 9.87. The van der Waals surface area contributed by atoms with Crippen LogP contribution in [0.3, 0.4) is 0 Å². The molecule has 0 aliphatic carbocycles. The number of phenols is 2. The number of aromatic hydroxyl groups is 2. The summed E-state index contributed by atoms with van der Waals surface area (Å²) >= 11 is 0. The molecule has 6 aromatic rings. The van der Waals surface area contributed by atoms with Gasteiger partial charge in [0.2, 0.25) is 17.2 Å². The van der Waals surface area contributed by atoms with E-state index >= 15 is 0 Å². The van der Waals surface area contributed by atoms with Crippen molar-refractivity contribution in [3.63, 3.8) is 0 Å². The Labute approximate surface area is 445 Å². The smallest absolute Gasteiger partial charge is 0.394 e. The molecule has 77 heavy (non-hydrogen) atoms. The van der Waals surface area contributed by atoms with Crippen LogP contribution in [0.4, 0.5) is 17.1 Å². The Kier molecular flexibility index (Phi) is 23.5. The maximum Gasteiger partial charge on any atom is 0.394 e. The van der Waals surface area contributed by atoms with Crippen molar-refractivity contribution >= 4 is 27.5 Å². The summed E-state index contributed by atoms with van der Waals surface area (Å²) in [5.41, 5.74) is 5.86. The van der Waals surface area contributed by atoms with Gasteiger partial charge in [0.1, 0.15) is 0 Å². The van der Waals surface area contributed by atoms with Crippen LogP contribution in [0.5, 0.6) is 34.5 Å². The first kappa shape index (κ1) is 61.6. The van der Waals surface area contributed by atoms with Gasteiger partial charge in [0.25, 0.3) is 0 Å². The van der Waals surface area contributed by atoms with Gasteiger partial charge < -0.3 is 50.2 Å². The van der Waals surface area contributed by atoms with Crippen molar-refractivity contribution in [1.29, 1.82) is 0 Å². The molecule has 6 aromatic carbocycles. The summed E-state index contributed by atoms with van der Waals surface area (Å²) in [7, 11) is 1.08. The first-order chi connectivity index (χ1) is 36.3. The zero-order valence-corrected chi connectivity index (χ0v) is 42.8. The number of nitrogens with one attached hydrogen (secondary N) is 3. The number of nitro groups is 3. The second-order valence-corrected chi connectivity index (χ2v) is 17.8. The van der Waals surface area contributed by atoms with Crippen LogP contribution in [0.2, 0.25) is 0 Å². The van der Waals surface area contributed by atoms with E-state index in [-0.39, 0.29) is 52.7 Å². The second kappa shape index (κ2) is 29.4. The molecule has 0 radical (unpaired) electrons. The number of hydrogen-bond donors (Lipinski definition) is 8. The number of methoxy groups -OCH3 is 4. The normalized spacial score (nSPS) is 14.8. The van der Waals surface area contributed by atoms with Crippen molar-refractivity contribution in [2.24, 2.45) is 0 Å². The molecule has 8 rings (SSSR count). The van der Waals surface area contributed by atoms with Gasteiger partial charge in [-0.15, -0.1) is 0 Å². The molecule has 0 aromatic heterocycles. The van der Waals surface area contributed by atoms with Crippen LogP contribution in [0.15, 0.2) is 115 Å². The lowest BCUT2D eigenvalue weighted by Gasteiger charge is -2.20. The van der Waals surface area contributed by atoms with Crippen LogP contribution in [-0.4, -0.2) is 115 Å². The number of aliphatic hydroxyl groups is 1. The summed E-state index contributed by atoms with van der Waals surface area (Å²) < 4.78 is 52.5. The van der Waals surface area contributed by atoms with Crippen LogP contribution >= 0.6 is 0 Å². The van der Waals surface area contributed by atoms with Crippen molar-refractivity contribution in [3.8, 4) is 34.5 Å². The third-order valence-electron chi connectivity index (χ3n) is 12.4. The van der Waals surface area contributed by atoms with Crippen molar-refractivity contribution < 1.29 is 66.6 Å². The van der Waals surface area contributed by atoms with Gasteiger partial charge in [-0.2, -0.15) is 8.42 Å². The number of aliphatic hydroxyl groups excluding tert-OH is 1. The topological polar surface area (TPSA) is 338 Å². The van der Waals surface area contributed by atoms with E-state index in [2.05, 4.69) is 16.0 Å². The van der Waals surface area contributed by atoms with Gasteiger partial charge >= 0.3 is 27.5 Å². The lowest BCUT2D eigenvalue weighted by molar-refractivity contribution is -0.386. The van der Waals surface area contributed by atoms with E-state index in [0.717, 1.165) is 34.4 Å². The molecule has 2 heterocycles. The molecule has 414 valence electrons. The average molecular weight is 1090 g/mol. The van der Waals surface area contributed by atoms with Crippen molar-refractivity contribution in [2.45, 2.75) is 44.6 Å². The number of nitrogens with zero attached hydrogens (tertiary/aromatic N) is 3. The van der Waals surface area contributed by atoms with Crippen molar-refractivity contribution in [3.05, 3.63) is 190 Å². The standard InChI is InChI=1S/C18H22N2O5.C18H20N2O4.C16H16N2O4.CH4.H2O4S/c1-24-16-9-8-14(17(20(22)23)18(16)25-2)10-11-19-12-15(21)13-6-4-3-5-7-13;1-23-16-10-14-13(17(20(21)22)18(16)24-2)8-9-19-11-15(14)12-6-4-3-5-7-12;19-14-8-12-11(15(16(14)20)18(21)22)6-7-17-9-13(12)10-4-2-1-3-5-10;;1-5(2,3)4/h3-9,15,19,21H,10-12H2,1-2H3;3-7,10,15,19H,8-9,11H2,1-2H3;1-5,8,13,17,19-20H,6-7,9H2;1H4;(H2,1,2,3,4)/t2*15-;13-;;/m100../s1. The number of benzene rings is 6. The van der Waals surface area contributed by atoms with Crippen molar-refractivity contribution in [1.82, 2.24) is 16.0 Å². The minimum atomic E-state index is -4.67. The first-order valence-corrected chi connectivity index (χ1v) is 24.9. The zero-order valence-electron chi connectivity index (χ0n) is 42.0. The maximum absolute atomic E-state index is 11.7. The summed E-state index contributed by atoms with van der Waals surface area (Å²) in [4.78, 5) is 33.0. The van der Waals surface area contributed by atoms with E-state index in [1.807, 2.05) is 97.1 Å². The average Bonchev–Trinajstić information content (AvgIpc) is 3.75. The molecule has 2 aliphatic rings. The molecule has 0 bridgehead atoms. The highest BCUT2D eigenvalue weighted by Crippen LogP contribution is 2.47. The molecule has 3 atom stereocenters. The molecule has 0 saturated carbocycles. The van der Waals surface area contributed by atoms with Gasteiger partial charge in [0.15, 0.2) is 17.2 Å². The molecule has 0 saturated heterocycles. The summed E-state index contributed by atoms with van der Waals surface area (Å²) in [6.07, 6.45) is 0.817. The minimum Gasteiger partial charge on any atom is -0.504 e. The van der Waals surface area contributed by atoms with Gasteiger partial charge in [-0.1, -0.05) is 98.4 Å². The Morgan fingerprint density at radius 3 is 1.53 bits per heavy atom. The van der Waals surface area contributed by atoms with Crippen LogP contribution in [-0.2, 0) is 29.7 Å². The van der Waals surface area contributed by atoms with Gasteiger partial charge in [0.05, 0.1) is 49.3 Å². The Hall–Kier alpha value is -7.97. The number of ether oxygens (including phenoxy) is 4. The lowest BCUT2D eigenvalue weighted by Crippen LogP contribution is -2.24. The molecule has 23 nitrogen and oxygen atoms in total. The molecule has 2 aliphatic heterocycles. The van der Waals surface area contributed by atoms with E-state index < -0.39 is 37.8 Å². The fourth-order valence-electron chi connectivity index (χ4n) is 8.99. The third-order valence-corrected chi connectivity index (χ3v) is 12.4. The quantitative estimate of drug-likeness (QED) is 0.0161. The highest BCUT2D eigenvalue weighted by Gasteiger charge is 2.34. The number of phenolic OH excluding ortho intramolecular Hbond substituents is 2. The molecule has 0 amide bonds. The van der Waals surface area contributed by atoms with E-state index in [1.165, 1.54) is 34.5 Å². The van der Waals surface area contributed by atoms with Crippen LogP contribution in [0.1, 0.15) is 69.9 Å². The molecule has 24 heteroatoms. The van der Waals surface area contributed by atoms with Crippen LogP contribution in [0.25, 0.3) is 0 Å². The SMILES string of the molecule is C.COc1cc2c(c([N+](=O)[O-])c1OC)CCNC[C@H]2c1ccccc1.COc1ccc(CCNC[C@@H](O)c2ccccc2)c([N+](=O)[O-])c1OC.O=S(=O)(O)O.O=[N+]([O-])c1c(O)c(O)cc2c1CCNC[C@H]2c1ccccc1. The van der Waals surface area contributed by atoms with Crippen molar-refractivity contribution in [2.75, 3.05) is 67.7 Å². The third kappa shape index (κ3) is 16.5. The Bertz CT molecular complexity index is 3020. The summed E-state index contributed by atoms with van der Waals surface area (Å²) in [6, 6.07) is 35.6. The van der Waals surface area contributed by atoms with Gasteiger partial charge in [-0.25, -0.2) is 0 Å². The number of rotatable bonds is 15. The Morgan fingerprint density at radius 2 is 1.08 bits per heavy atom. The largest absolute Gasteiger partial charge is 0.504 e. The molecular formula is C53H64N6O17S. The number of fused-ring (bicyclic) bond motifs is 2. The predicted octanol–water partition coefficient (Wildman–Crippen LogP) is 7.63. The molecule has 0 fully saturated rings. The van der Waals surface area contributed by atoms with E-state index in [4.69, 9.17) is 36.5 Å². The van der Waals surface area contributed by atoms with E-state index in [9.17, 15) is 45.7 Å². The summed E-state index contributed by atoms with van der Waals surface area (Å²) in [5, 5.41) is 74.1. The first-order valence-electron chi connectivity index (χ1n) is 23.5. The highest BCUT2D eigenvalue weighted by atomic mass is 32.3. The number of hydrogen-bond acceptors (Lipinski definition) is 18. The Morgan fingerprint density at radius 1 is 0.636 bits per heavy atom. The fourth-order valence-corrected chi connectivity index (χ4v) is 8.99. The number of nitro benzene ring substituents is 3.